The van der Waals surface area contributed by atoms with Crippen molar-refractivity contribution >= 4 is 37.8 Å². The third kappa shape index (κ3) is 4.25. The number of aromatic nitrogens is 3. The Bertz CT molecular complexity index is 1260. The number of aryl methyl sites for hydroxylation is 1. The summed E-state index contributed by atoms with van der Waals surface area (Å²) in [7, 11) is -2.16. The van der Waals surface area contributed by atoms with Crippen molar-refractivity contribution in [3.05, 3.63) is 42.4 Å². The summed E-state index contributed by atoms with van der Waals surface area (Å²) in [5, 5.41) is 14.1. The average molecular weight is 456 g/mol. The molecule has 2 aliphatic rings. The molecule has 2 fully saturated rings. The predicted octanol–water partition coefficient (Wildman–Crippen LogP) is 3.11. The van der Waals surface area contributed by atoms with Crippen LogP contribution in [0.15, 0.2) is 41.2 Å². The molecule has 10 heteroatoms. The smallest absolute Gasteiger partial charge is 0.238 e. The molecule has 0 unspecified atom stereocenters. The van der Waals surface area contributed by atoms with E-state index in [0.717, 1.165) is 23.8 Å². The first kappa shape index (κ1) is 21.0. The first-order valence-corrected chi connectivity index (χ1v) is 12.5. The van der Waals surface area contributed by atoms with Gasteiger partial charge < -0.3 is 19.9 Å². The molecule has 32 heavy (non-hydrogen) atoms. The second-order valence-electron chi connectivity index (χ2n) is 8.10. The van der Waals surface area contributed by atoms with E-state index in [9.17, 15) is 9.32 Å². The van der Waals surface area contributed by atoms with Crippen LogP contribution in [-0.4, -0.2) is 61.2 Å². The topological polar surface area (TPSA) is 119 Å². The summed E-state index contributed by atoms with van der Waals surface area (Å²) < 4.78 is 28.6. The average Bonchev–Trinajstić information content (AvgIpc) is 3.37. The van der Waals surface area contributed by atoms with Gasteiger partial charge >= 0.3 is 0 Å². The highest BCUT2D eigenvalue weighted by Gasteiger charge is 2.29. The fourth-order valence-corrected chi connectivity index (χ4v) is 6.23. The zero-order chi connectivity index (χ0) is 22.1. The summed E-state index contributed by atoms with van der Waals surface area (Å²) in [6, 6.07) is 7.41. The Morgan fingerprint density at radius 2 is 2.06 bits per heavy atom. The van der Waals surface area contributed by atoms with Crippen LogP contribution in [0.1, 0.15) is 18.4 Å². The molecule has 3 aromatic rings. The Morgan fingerprint density at radius 1 is 1.22 bits per heavy atom. The van der Waals surface area contributed by atoms with Crippen molar-refractivity contribution in [3.8, 4) is 5.88 Å². The Hall–Kier alpha value is -2.82. The lowest BCUT2D eigenvalue weighted by Crippen LogP contribution is -2.30. The second-order valence-corrected chi connectivity index (χ2v) is 10.6. The molecule has 2 aromatic heterocycles. The van der Waals surface area contributed by atoms with Crippen molar-refractivity contribution < 1.29 is 18.8 Å². The van der Waals surface area contributed by atoms with Gasteiger partial charge in [-0.15, -0.1) is 0 Å². The number of aliphatic hydroxyl groups excluding tert-OH is 1. The van der Waals surface area contributed by atoms with E-state index >= 15 is 0 Å². The van der Waals surface area contributed by atoms with Crippen LogP contribution in [0.25, 0.3) is 10.9 Å². The molecule has 0 bridgehead atoms. The maximum Gasteiger partial charge on any atom is 0.238 e. The monoisotopic (exact) mass is 455 g/mol. The van der Waals surface area contributed by atoms with Crippen LogP contribution in [0.3, 0.4) is 0 Å². The van der Waals surface area contributed by atoms with Crippen LogP contribution in [0, 0.1) is 6.92 Å². The molecule has 1 aromatic carbocycles. The molecule has 0 saturated carbocycles. The van der Waals surface area contributed by atoms with E-state index < -0.39 is 21.9 Å². The number of ether oxygens (including phenoxy) is 2. The number of hydrogen-bond donors (Lipinski definition) is 2. The summed E-state index contributed by atoms with van der Waals surface area (Å²) >= 11 is 0. The van der Waals surface area contributed by atoms with Gasteiger partial charge in [0.1, 0.15) is 23.9 Å². The van der Waals surface area contributed by atoms with E-state index in [1.165, 1.54) is 6.33 Å². The standard InChI is InChI=1S/C22H25N5O4S/c1-14-9-15(27-32(29)7-2-3-8-32)10-17-20(14)21(25-13-24-17)26-16-5-4-6-23-22(16)31-19-12-30-11-18(19)28/h4-6,9-10,13,18-19,28H,2-3,7-8,11-12H2,1H3,(H,24,25,26)/t18-,19+/m0/s1. The highest BCUT2D eigenvalue weighted by Crippen LogP contribution is 2.33. The van der Waals surface area contributed by atoms with Crippen LogP contribution >= 0.6 is 0 Å². The van der Waals surface area contributed by atoms with E-state index in [1.807, 2.05) is 25.1 Å². The molecular formula is C22H25N5O4S. The molecular weight excluding hydrogens is 430 g/mol. The van der Waals surface area contributed by atoms with Gasteiger partial charge in [0.15, 0.2) is 6.10 Å². The van der Waals surface area contributed by atoms with Crippen molar-refractivity contribution in [2.24, 2.45) is 4.36 Å². The molecule has 0 radical (unpaired) electrons. The molecule has 5 rings (SSSR count). The van der Waals surface area contributed by atoms with Gasteiger partial charge in [-0.2, -0.15) is 4.36 Å². The lowest BCUT2D eigenvalue weighted by atomic mass is 10.1. The van der Waals surface area contributed by atoms with Crippen LogP contribution in [-0.2, 0) is 14.5 Å². The van der Waals surface area contributed by atoms with Crippen molar-refractivity contribution in [3.63, 3.8) is 0 Å². The van der Waals surface area contributed by atoms with E-state index in [-0.39, 0.29) is 6.61 Å². The summed E-state index contributed by atoms with van der Waals surface area (Å²) in [5.74, 6) is 2.28. The Morgan fingerprint density at radius 3 is 2.84 bits per heavy atom. The number of nitrogens with zero attached hydrogens (tertiary/aromatic N) is 4. The normalized spacial score (nSPS) is 22.2. The number of rotatable bonds is 5. The molecule has 2 N–H and O–H groups in total. The van der Waals surface area contributed by atoms with Crippen molar-refractivity contribution in [1.29, 1.82) is 0 Å². The molecule has 2 aliphatic heterocycles. The number of nitrogens with one attached hydrogen (secondary N) is 1. The Balaban J connectivity index is 1.49. The number of fused-ring (bicyclic) bond motifs is 1. The molecule has 0 aliphatic carbocycles. The van der Waals surface area contributed by atoms with Gasteiger partial charge in [0.05, 0.1) is 34.1 Å². The zero-order valence-electron chi connectivity index (χ0n) is 17.7. The second kappa shape index (κ2) is 8.61. The molecule has 9 nitrogen and oxygen atoms in total. The van der Waals surface area contributed by atoms with Crippen molar-refractivity contribution in [2.75, 3.05) is 30.0 Å². The first-order valence-electron chi connectivity index (χ1n) is 10.6. The first-order chi connectivity index (χ1) is 15.5. The molecule has 0 spiro atoms. The summed E-state index contributed by atoms with van der Waals surface area (Å²) in [6.07, 6.45) is 3.87. The number of aliphatic hydroxyl groups is 1. The quantitative estimate of drug-likeness (QED) is 0.602. The SMILES string of the molecule is Cc1cc(N=S2(=O)CCCC2)cc2ncnc(Nc3cccnc3O[C@@H]3COC[C@@H]3O)c12. The third-order valence-electron chi connectivity index (χ3n) is 5.66. The number of hydrogen-bond acceptors (Lipinski definition) is 9. The van der Waals surface area contributed by atoms with E-state index in [1.54, 1.807) is 12.3 Å². The van der Waals surface area contributed by atoms with Gasteiger partial charge in [0, 0.05) is 23.1 Å². The van der Waals surface area contributed by atoms with Crippen LogP contribution < -0.4 is 10.1 Å². The van der Waals surface area contributed by atoms with Gasteiger partial charge in [0.2, 0.25) is 5.88 Å². The lowest BCUT2D eigenvalue weighted by Gasteiger charge is -2.18. The summed E-state index contributed by atoms with van der Waals surface area (Å²) in [6.45, 7) is 2.52. The van der Waals surface area contributed by atoms with E-state index in [0.29, 0.717) is 46.7 Å². The third-order valence-corrected chi connectivity index (χ3v) is 8.05. The molecule has 168 valence electrons. The van der Waals surface area contributed by atoms with Crippen molar-refractivity contribution in [2.45, 2.75) is 32.0 Å². The van der Waals surface area contributed by atoms with E-state index in [2.05, 4.69) is 24.6 Å². The highest BCUT2D eigenvalue weighted by molar-refractivity contribution is 7.93. The van der Waals surface area contributed by atoms with Crippen LogP contribution in [0.2, 0.25) is 0 Å². The highest BCUT2D eigenvalue weighted by atomic mass is 32.2. The van der Waals surface area contributed by atoms with E-state index in [4.69, 9.17) is 9.47 Å². The fraction of sp³-hybridized carbons (Fsp3) is 0.409. The maximum atomic E-state index is 12.9. The maximum absolute atomic E-state index is 12.9. The van der Waals surface area contributed by atoms with Crippen LogP contribution in [0.5, 0.6) is 5.88 Å². The number of benzene rings is 1. The van der Waals surface area contributed by atoms with Gasteiger partial charge in [-0.05, 0) is 49.6 Å². The minimum atomic E-state index is -2.16. The van der Waals surface area contributed by atoms with Gasteiger partial charge in [-0.3, -0.25) is 0 Å². The zero-order valence-corrected chi connectivity index (χ0v) is 18.5. The van der Waals surface area contributed by atoms with Gasteiger partial charge in [-0.1, -0.05) is 0 Å². The minimum Gasteiger partial charge on any atom is -0.468 e. The number of anilines is 2. The number of pyridine rings is 1. The Kier molecular flexibility index (Phi) is 5.66. The van der Waals surface area contributed by atoms with Crippen molar-refractivity contribution in [1.82, 2.24) is 15.0 Å². The molecule has 4 heterocycles. The van der Waals surface area contributed by atoms with Crippen LogP contribution in [0.4, 0.5) is 17.2 Å². The van der Waals surface area contributed by atoms with Gasteiger partial charge in [0.25, 0.3) is 0 Å². The largest absolute Gasteiger partial charge is 0.468 e. The molecule has 2 atom stereocenters. The Labute approximate surface area is 186 Å². The summed E-state index contributed by atoms with van der Waals surface area (Å²) in [5.41, 5.74) is 2.95. The predicted molar refractivity (Wildman–Crippen MR) is 122 cm³/mol. The molecule has 2 saturated heterocycles. The lowest BCUT2D eigenvalue weighted by molar-refractivity contribution is 0.0709. The van der Waals surface area contributed by atoms with Gasteiger partial charge in [-0.25, -0.2) is 19.2 Å². The summed E-state index contributed by atoms with van der Waals surface area (Å²) in [4.78, 5) is 13.2. The molecule has 0 amide bonds. The minimum absolute atomic E-state index is 0.246. The fourth-order valence-electron chi connectivity index (χ4n) is 4.05.